The first kappa shape index (κ1) is 16.2. The van der Waals surface area contributed by atoms with Crippen molar-refractivity contribution in [1.29, 1.82) is 0 Å². The van der Waals surface area contributed by atoms with Crippen LogP contribution in [0.5, 0.6) is 11.5 Å². The van der Waals surface area contributed by atoms with Crippen LogP contribution in [0.4, 0.5) is 0 Å². The molecule has 114 valence electrons. The number of hydrogen-bond acceptors (Lipinski definition) is 3. The topological polar surface area (TPSA) is 31.6 Å². The Morgan fingerprint density at radius 2 is 1.62 bits per heavy atom. The van der Waals surface area contributed by atoms with Gasteiger partial charge in [-0.2, -0.15) is 0 Å². The Bertz CT molecular complexity index is 664. The van der Waals surface area contributed by atoms with Crippen molar-refractivity contribution in [3.63, 3.8) is 0 Å². The van der Waals surface area contributed by atoms with Crippen LogP contribution in [0, 0.1) is 20.8 Å². The van der Waals surface area contributed by atoms with Gasteiger partial charge in [-0.3, -0.25) is 0 Å². The van der Waals surface area contributed by atoms with Crippen molar-refractivity contribution in [3.8, 4) is 11.5 Å². The summed E-state index contributed by atoms with van der Waals surface area (Å²) in [6.07, 6.45) is 0. The van der Waals surface area contributed by atoms with Crippen LogP contribution in [0.1, 0.15) is 33.0 Å². The van der Waals surface area contributed by atoms with Crippen molar-refractivity contribution in [2.75, 3.05) is 14.2 Å². The normalized spacial score (nSPS) is 12.3. The summed E-state index contributed by atoms with van der Waals surface area (Å²) in [6, 6.07) is 3.66. The maximum atomic E-state index is 6.40. The molecule has 1 atom stereocenters. The Morgan fingerprint density at radius 3 is 2.10 bits per heavy atom. The molecule has 0 saturated carbocycles. The van der Waals surface area contributed by atoms with Gasteiger partial charge in [-0.1, -0.05) is 27.5 Å². The lowest BCUT2D eigenvalue weighted by Gasteiger charge is -2.16. The highest BCUT2D eigenvalue weighted by Gasteiger charge is 2.24. The molecule has 0 amide bonds. The van der Waals surface area contributed by atoms with Crippen molar-refractivity contribution in [1.82, 2.24) is 0 Å². The van der Waals surface area contributed by atoms with E-state index in [0.29, 0.717) is 16.5 Å². The average molecular weight is 374 g/mol. The van der Waals surface area contributed by atoms with Crippen LogP contribution in [0.3, 0.4) is 0 Å². The molecule has 0 bridgehead atoms. The van der Waals surface area contributed by atoms with Gasteiger partial charge in [0.25, 0.3) is 0 Å². The summed E-state index contributed by atoms with van der Waals surface area (Å²) in [5.74, 6) is 3.07. The second-order valence-electron chi connectivity index (χ2n) is 4.84. The highest BCUT2D eigenvalue weighted by molar-refractivity contribution is 9.09. The van der Waals surface area contributed by atoms with E-state index in [1.54, 1.807) is 20.3 Å². The van der Waals surface area contributed by atoms with E-state index in [1.165, 1.54) is 0 Å². The molecule has 21 heavy (non-hydrogen) atoms. The minimum atomic E-state index is -0.0674. The number of methoxy groups -OCH3 is 2. The Hall–Kier alpha value is -1.13. The minimum absolute atomic E-state index is 0.0674. The number of benzene rings is 1. The molecule has 1 aromatic heterocycles. The predicted molar refractivity (Wildman–Crippen MR) is 88.2 cm³/mol. The zero-order chi connectivity index (χ0) is 15.7. The van der Waals surface area contributed by atoms with Crippen LogP contribution in [0.25, 0.3) is 0 Å². The minimum Gasteiger partial charge on any atom is -0.493 e. The SMILES string of the molecule is COc1cc(Cl)c(C(Br)c2c(C)oc(C)c2C)cc1OC. The number of hydrogen-bond donors (Lipinski definition) is 0. The van der Waals surface area contributed by atoms with Crippen LogP contribution < -0.4 is 9.47 Å². The van der Waals surface area contributed by atoms with Crippen molar-refractivity contribution < 1.29 is 13.9 Å². The molecule has 2 aromatic rings. The first-order chi connectivity index (χ1) is 9.90. The number of ether oxygens (including phenoxy) is 2. The Labute approximate surface area is 138 Å². The Balaban J connectivity index is 2.55. The third-order valence-corrected chi connectivity index (χ3v) is 4.93. The van der Waals surface area contributed by atoms with Crippen LogP contribution in [-0.4, -0.2) is 14.2 Å². The molecule has 2 rings (SSSR count). The van der Waals surface area contributed by atoms with E-state index in [9.17, 15) is 0 Å². The summed E-state index contributed by atoms with van der Waals surface area (Å²) < 4.78 is 16.3. The summed E-state index contributed by atoms with van der Waals surface area (Å²) >= 11 is 10.1. The molecule has 1 heterocycles. The van der Waals surface area contributed by atoms with Gasteiger partial charge in [-0.25, -0.2) is 0 Å². The first-order valence-corrected chi connectivity index (χ1v) is 7.82. The van der Waals surface area contributed by atoms with Gasteiger partial charge in [0, 0.05) is 16.7 Å². The smallest absolute Gasteiger partial charge is 0.162 e. The van der Waals surface area contributed by atoms with Crippen molar-refractivity contribution in [2.45, 2.75) is 25.6 Å². The van der Waals surface area contributed by atoms with E-state index < -0.39 is 0 Å². The zero-order valence-corrected chi connectivity index (χ0v) is 15.1. The summed E-state index contributed by atoms with van der Waals surface area (Å²) in [7, 11) is 3.20. The number of halogens is 2. The van der Waals surface area contributed by atoms with E-state index in [0.717, 1.165) is 28.2 Å². The number of furan rings is 1. The lowest BCUT2D eigenvalue weighted by atomic mass is 10.0. The second kappa shape index (κ2) is 6.32. The molecule has 0 saturated heterocycles. The standard InChI is InChI=1S/C16H18BrClO3/c1-8-9(2)21-10(3)15(8)16(17)11-6-13(19-4)14(20-5)7-12(11)18/h6-7,16H,1-5H3. The van der Waals surface area contributed by atoms with Gasteiger partial charge in [0.05, 0.1) is 19.0 Å². The molecule has 0 spiro atoms. The zero-order valence-electron chi connectivity index (χ0n) is 12.7. The fourth-order valence-electron chi connectivity index (χ4n) is 2.40. The lowest BCUT2D eigenvalue weighted by Crippen LogP contribution is -1.99. The molecule has 0 N–H and O–H groups in total. The van der Waals surface area contributed by atoms with E-state index in [2.05, 4.69) is 15.9 Å². The monoisotopic (exact) mass is 372 g/mol. The number of aryl methyl sites for hydroxylation is 2. The summed E-state index contributed by atoms with van der Waals surface area (Å²) in [5, 5.41) is 0.618. The second-order valence-corrected chi connectivity index (χ2v) is 6.17. The molecule has 1 unspecified atom stereocenters. The van der Waals surface area contributed by atoms with Gasteiger partial charge in [0.1, 0.15) is 11.5 Å². The van der Waals surface area contributed by atoms with E-state index >= 15 is 0 Å². The van der Waals surface area contributed by atoms with Crippen LogP contribution in [0.15, 0.2) is 16.5 Å². The van der Waals surface area contributed by atoms with Gasteiger partial charge in [0.15, 0.2) is 11.5 Å². The van der Waals surface area contributed by atoms with Crippen LogP contribution >= 0.6 is 27.5 Å². The van der Waals surface area contributed by atoms with Crippen LogP contribution in [0.2, 0.25) is 5.02 Å². The fraction of sp³-hybridized carbons (Fsp3) is 0.375. The quantitative estimate of drug-likeness (QED) is 0.676. The summed E-state index contributed by atoms with van der Waals surface area (Å²) in [5.41, 5.74) is 3.14. The Morgan fingerprint density at radius 1 is 1.05 bits per heavy atom. The van der Waals surface area contributed by atoms with E-state index in [-0.39, 0.29) is 4.83 Å². The molecule has 1 aromatic carbocycles. The van der Waals surface area contributed by atoms with Crippen molar-refractivity contribution in [3.05, 3.63) is 45.4 Å². The lowest BCUT2D eigenvalue weighted by molar-refractivity contribution is 0.354. The van der Waals surface area contributed by atoms with Crippen LogP contribution in [-0.2, 0) is 0 Å². The third-order valence-electron chi connectivity index (χ3n) is 3.65. The van der Waals surface area contributed by atoms with E-state index in [4.69, 9.17) is 25.5 Å². The third kappa shape index (κ3) is 2.92. The summed E-state index contributed by atoms with van der Waals surface area (Å²) in [6.45, 7) is 5.96. The molecule has 5 heteroatoms. The van der Waals surface area contributed by atoms with Gasteiger partial charge in [-0.05, 0) is 38.0 Å². The molecular formula is C16H18BrClO3. The van der Waals surface area contributed by atoms with Gasteiger partial charge in [-0.15, -0.1) is 0 Å². The molecule has 0 radical (unpaired) electrons. The molecule has 0 aliphatic heterocycles. The average Bonchev–Trinajstić information content (AvgIpc) is 2.71. The number of alkyl halides is 1. The highest BCUT2D eigenvalue weighted by atomic mass is 79.9. The molecule has 0 fully saturated rings. The van der Waals surface area contributed by atoms with Gasteiger partial charge >= 0.3 is 0 Å². The summed E-state index contributed by atoms with van der Waals surface area (Å²) in [4.78, 5) is -0.0674. The van der Waals surface area contributed by atoms with Crippen molar-refractivity contribution in [2.24, 2.45) is 0 Å². The highest BCUT2D eigenvalue weighted by Crippen LogP contribution is 2.44. The van der Waals surface area contributed by atoms with Crippen molar-refractivity contribution >= 4 is 27.5 Å². The predicted octanol–water partition coefficient (Wildman–Crippen LogP) is 5.36. The molecule has 3 nitrogen and oxygen atoms in total. The number of rotatable bonds is 4. The first-order valence-electron chi connectivity index (χ1n) is 6.52. The molecular weight excluding hydrogens is 356 g/mol. The molecule has 0 aliphatic carbocycles. The maximum Gasteiger partial charge on any atom is 0.162 e. The maximum absolute atomic E-state index is 6.40. The molecule has 0 aliphatic rings. The van der Waals surface area contributed by atoms with Gasteiger partial charge in [0.2, 0.25) is 0 Å². The largest absolute Gasteiger partial charge is 0.493 e. The fourth-order valence-corrected chi connectivity index (χ4v) is 3.84. The van der Waals surface area contributed by atoms with E-state index in [1.807, 2.05) is 26.8 Å². The Kier molecular flexibility index (Phi) is 4.89. The van der Waals surface area contributed by atoms with Gasteiger partial charge < -0.3 is 13.9 Å².